The van der Waals surface area contributed by atoms with E-state index in [1.807, 2.05) is 6.08 Å². The first-order chi connectivity index (χ1) is 16.6. The van der Waals surface area contributed by atoms with Gasteiger partial charge in [-0.1, -0.05) is 47.8 Å². The summed E-state index contributed by atoms with van der Waals surface area (Å²) in [5.41, 5.74) is -2.55. The lowest BCUT2D eigenvalue weighted by Gasteiger charge is -2.43. The highest BCUT2D eigenvalue weighted by Crippen LogP contribution is 2.67. The molecule has 4 rings (SSSR count). The van der Waals surface area contributed by atoms with Gasteiger partial charge >= 0.3 is 18.0 Å². The predicted molar refractivity (Wildman–Crippen MR) is 121 cm³/mol. The van der Waals surface area contributed by atoms with E-state index in [4.69, 9.17) is 0 Å². The standard InChI is InChI=1S/C27H32F6O3/c1-23-9-2-4-18(6-5-17-14-19(34)16-20(35)15-17)21(23)7-8-22(23)24(12-13-24)10-3-11-25(36,26(28,29)30)27(31,32)33/h5-6,8,19-21,34-36H,2,4,7,9-10,12-16H2,1H3/b17-5?,18-6+/t19-,20?,21?,23+/m1/s1. The highest BCUT2D eigenvalue weighted by atomic mass is 19.4. The third-order valence-corrected chi connectivity index (χ3v) is 8.57. The zero-order valence-corrected chi connectivity index (χ0v) is 20.1. The van der Waals surface area contributed by atoms with Gasteiger partial charge in [-0.15, -0.1) is 0 Å². The van der Waals surface area contributed by atoms with Gasteiger partial charge in [0, 0.05) is 11.8 Å². The fraction of sp³-hybridized carbons (Fsp3) is 0.704. The Bertz CT molecular complexity index is 995. The molecule has 4 aliphatic rings. The molecule has 3 N–H and O–H groups in total. The molecule has 3 fully saturated rings. The smallest absolute Gasteiger partial charge is 0.393 e. The lowest BCUT2D eigenvalue weighted by Crippen LogP contribution is -2.55. The molecule has 4 atom stereocenters. The fourth-order valence-electron chi connectivity index (χ4n) is 6.51. The average Bonchev–Trinajstić information content (AvgIpc) is 3.42. The molecule has 0 aromatic carbocycles. The second-order valence-electron chi connectivity index (χ2n) is 11.2. The fourth-order valence-corrected chi connectivity index (χ4v) is 6.51. The minimum atomic E-state index is -5.94. The topological polar surface area (TPSA) is 60.7 Å². The molecule has 0 aliphatic heterocycles. The summed E-state index contributed by atoms with van der Waals surface area (Å²) < 4.78 is 77.9. The van der Waals surface area contributed by atoms with Crippen LogP contribution in [-0.4, -0.2) is 45.5 Å². The Morgan fingerprint density at radius 1 is 1.00 bits per heavy atom. The summed E-state index contributed by atoms with van der Waals surface area (Å²) in [5, 5.41) is 29.2. The van der Waals surface area contributed by atoms with Crippen LogP contribution in [0.25, 0.3) is 0 Å². The largest absolute Gasteiger partial charge is 0.438 e. The highest BCUT2D eigenvalue weighted by Gasteiger charge is 2.70. The van der Waals surface area contributed by atoms with Crippen LogP contribution >= 0.6 is 0 Å². The third kappa shape index (κ3) is 4.89. The van der Waals surface area contributed by atoms with Crippen molar-refractivity contribution in [2.45, 2.75) is 101 Å². The zero-order valence-electron chi connectivity index (χ0n) is 20.1. The number of hydrogen-bond donors (Lipinski definition) is 3. The van der Waals surface area contributed by atoms with Crippen molar-refractivity contribution >= 4 is 0 Å². The van der Waals surface area contributed by atoms with Crippen LogP contribution in [0.1, 0.15) is 71.1 Å². The number of hydrogen-bond acceptors (Lipinski definition) is 3. The van der Waals surface area contributed by atoms with E-state index in [1.54, 1.807) is 0 Å². The molecule has 36 heavy (non-hydrogen) atoms. The molecule has 0 radical (unpaired) electrons. The summed E-state index contributed by atoms with van der Waals surface area (Å²) >= 11 is 0. The Balaban J connectivity index is 1.53. The van der Waals surface area contributed by atoms with Crippen molar-refractivity contribution in [3.63, 3.8) is 0 Å². The second-order valence-corrected chi connectivity index (χ2v) is 11.2. The number of halogens is 6. The van der Waals surface area contributed by atoms with Gasteiger partial charge in [0.1, 0.15) is 0 Å². The monoisotopic (exact) mass is 518 g/mol. The number of aliphatic hydroxyl groups excluding tert-OH is 2. The van der Waals surface area contributed by atoms with Crippen LogP contribution < -0.4 is 0 Å². The van der Waals surface area contributed by atoms with Gasteiger partial charge in [0.05, 0.1) is 12.2 Å². The zero-order chi connectivity index (χ0) is 26.6. The maximum absolute atomic E-state index is 13.0. The molecular weight excluding hydrogens is 486 g/mol. The molecule has 200 valence electrons. The van der Waals surface area contributed by atoms with Crippen LogP contribution in [0.2, 0.25) is 0 Å². The van der Waals surface area contributed by atoms with Gasteiger partial charge in [-0.25, -0.2) is 0 Å². The van der Waals surface area contributed by atoms with E-state index < -0.39 is 35.6 Å². The number of fused-ring (bicyclic) bond motifs is 1. The van der Waals surface area contributed by atoms with E-state index in [2.05, 4.69) is 25.0 Å². The van der Waals surface area contributed by atoms with E-state index in [9.17, 15) is 41.7 Å². The average molecular weight is 519 g/mol. The van der Waals surface area contributed by atoms with Gasteiger partial charge < -0.3 is 15.3 Å². The van der Waals surface area contributed by atoms with Gasteiger partial charge in [0.25, 0.3) is 0 Å². The van der Waals surface area contributed by atoms with Crippen LogP contribution in [0, 0.1) is 28.6 Å². The Morgan fingerprint density at radius 2 is 1.61 bits per heavy atom. The summed E-state index contributed by atoms with van der Waals surface area (Å²) in [4.78, 5) is 0. The number of allylic oxidation sites excluding steroid dienone is 5. The summed E-state index contributed by atoms with van der Waals surface area (Å²) in [6.07, 6.45) is -0.870. The molecule has 9 heteroatoms. The van der Waals surface area contributed by atoms with Crippen molar-refractivity contribution in [1.82, 2.24) is 0 Å². The summed E-state index contributed by atoms with van der Waals surface area (Å²) in [7, 11) is 0. The molecule has 3 nitrogen and oxygen atoms in total. The maximum atomic E-state index is 13.0. The Morgan fingerprint density at radius 3 is 2.17 bits per heavy atom. The Hall–Kier alpha value is -1.76. The van der Waals surface area contributed by atoms with Crippen molar-refractivity contribution in [3.05, 3.63) is 34.9 Å². The molecule has 4 aliphatic carbocycles. The van der Waals surface area contributed by atoms with Crippen molar-refractivity contribution in [2.24, 2.45) is 16.7 Å². The molecule has 0 spiro atoms. The Kier molecular flexibility index (Phi) is 6.98. The second kappa shape index (κ2) is 9.21. The Labute approximate surface area is 207 Å². The van der Waals surface area contributed by atoms with E-state index in [0.717, 1.165) is 42.7 Å². The van der Waals surface area contributed by atoms with Crippen LogP contribution in [0.5, 0.6) is 0 Å². The molecule has 0 heterocycles. The first kappa shape index (κ1) is 27.3. The van der Waals surface area contributed by atoms with Gasteiger partial charge in [-0.05, 0) is 75.0 Å². The van der Waals surface area contributed by atoms with Gasteiger partial charge in [0.2, 0.25) is 0 Å². The molecule has 3 saturated carbocycles. The molecular formula is C27H32F6O3. The summed E-state index contributed by atoms with van der Waals surface area (Å²) in [6.45, 7) is 2.13. The minimum absolute atomic E-state index is 0.158. The molecule has 0 bridgehead atoms. The van der Waals surface area contributed by atoms with E-state index in [-0.39, 0.29) is 17.8 Å². The molecule has 0 saturated heterocycles. The SMILES string of the molecule is C[C@]12CCC/C(=C\C=C3CC(O)C[C@H](O)C3)C1CC=C2C1(CC#CC(O)(C(F)(F)F)C(F)(F)F)CC1. The lowest BCUT2D eigenvalue weighted by atomic mass is 9.61. The number of aliphatic hydroxyl groups is 3. The van der Waals surface area contributed by atoms with Gasteiger partial charge in [-0.3, -0.25) is 0 Å². The maximum Gasteiger partial charge on any atom is 0.438 e. The van der Waals surface area contributed by atoms with Crippen molar-refractivity contribution < 1.29 is 41.7 Å². The van der Waals surface area contributed by atoms with Crippen molar-refractivity contribution in [3.8, 4) is 11.8 Å². The van der Waals surface area contributed by atoms with Crippen LogP contribution in [-0.2, 0) is 0 Å². The van der Waals surface area contributed by atoms with Crippen LogP contribution in [0.3, 0.4) is 0 Å². The molecule has 2 unspecified atom stereocenters. The van der Waals surface area contributed by atoms with Gasteiger partial charge in [-0.2, -0.15) is 26.3 Å². The number of alkyl halides is 6. The van der Waals surface area contributed by atoms with Gasteiger partial charge in [0.15, 0.2) is 0 Å². The normalized spacial score (nSPS) is 34.7. The van der Waals surface area contributed by atoms with Crippen molar-refractivity contribution in [1.29, 1.82) is 0 Å². The summed E-state index contributed by atoms with van der Waals surface area (Å²) in [5.74, 6) is 3.37. The third-order valence-electron chi connectivity index (χ3n) is 8.57. The molecule has 0 aromatic rings. The summed E-state index contributed by atoms with van der Waals surface area (Å²) in [6, 6.07) is 0. The first-order valence-corrected chi connectivity index (χ1v) is 12.4. The predicted octanol–water partition coefficient (Wildman–Crippen LogP) is 5.91. The highest BCUT2D eigenvalue weighted by molar-refractivity contribution is 5.41. The minimum Gasteiger partial charge on any atom is -0.393 e. The first-order valence-electron chi connectivity index (χ1n) is 12.4. The van der Waals surface area contributed by atoms with E-state index >= 15 is 0 Å². The van der Waals surface area contributed by atoms with E-state index in [1.165, 1.54) is 5.57 Å². The lowest BCUT2D eigenvalue weighted by molar-refractivity contribution is -0.343. The van der Waals surface area contributed by atoms with E-state index in [0.29, 0.717) is 32.1 Å². The quantitative estimate of drug-likeness (QED) is 0.247. The number of rotatable bonds is 3. The van der Waals surface area contributed by atoms with Crippen molar-refractivity contribution in [2.75, 3.05) is 0 Å². The van der Waals surface area contributed by atoms with Crippen LogP contribution in [0.15, 0.2) is 34.9 Å². The molecule has 0 amide bonds. The van der Waals surface area contributed by atoms with Crippen LogP contribution in [0.4, 0.5) is 26.3 Å². The molecule has 0 aromatic heterocycles.